The fourth-order valence-corrected chi connectivity index (χ4v) is 4.10. The number of aryl methyl sites for hydroxylation is 2. The van der Waals surface area contributed by atoms with Gasteiger partial charge in [0.1, 0.15) is 0 Å². The van der Waals surface area contributed by atoms with Crippen molar-refractivity contribution in [2.45, 2.75) is 77.4 Å². The maximum absolute atomic E-state index is 12.5. The van der Waals surface area contributed by atoms with Crippen LogP contribution >= 0.6 is 0 Å². The molecule has 0 saturated carbocycles. The summed E-state index contributed by atoms with van der Waals surface area (Å²) in [6.07, 6.45) is 6.07. The van der Waals surface area contributed by atoms with E-state index in [0.717, 1.165) is 12.8 Å². The number of nitrogens with zero attached hydrogens (tertiary/aromatic N) is 1. The van der Waals surface area contributed by atoms with Gasteiger partial charge in [-0.25, -0.2) is 4.79 Å². The van der Waals surface area contributed by atoms with E-state index in [4.69, 9.17) is 0 Å². The first-order valence-electron chi connectivity index (χ1n) is 9.96. The molecule has 1 aromatic carbocycles. The number of fused-ring (bicyclic) bond motifs is 1. The van der Waals surface area contributed by atoms with Crippen molar-refractivity contribution in [1.82, 2.24) is 15.5 Å². The predicted molar refractivity (Wildman–Crippen MR) is 103 cm³/mol. The van der Waals surface area contributed by atoms with Gasteiger partial charge in [-0.2, -0.15) is 0 Å². The molecule has 3 rings (SSSR count). The molecule has 1 fully saturated rings. The van der Waals surface area contributed by atoms with Crippen LogP contribution in [0.25, 0.3) is 0 Å². The summed E-state index contributed by atoms with van der Waals surface area (Å²) in [6, 6.07) is 6.53. The van der Waals surface area contributed by atoms with Gasteiger partial charge in [0, 0.05) is 19.0 Å². The summed E-state index contributed by atoms with van der Waals surface area (Å²) in [6.45, 7) is 6.69. The average Bonchev–Trinajstić information content (AvgIpc) is 2.99. The molecule has 1 aliphatic heterocycles. The highest BCUT2D eigenvalue weighted by atomic mass is 16.2. The van der Waals surface area contributed by atoms with Crippen LogP contribution < -0.4 is 10.6 Å². The lowest BCUT2D eigenvalue weighted by atomic mass is 9.89. The van der Waals surface area contributed by atoms with E-state index in [9.17, 15) is 9.59 Å². The zero-order valence-electron chi connectivity index (χ0n) is 16.2. The lowest BCUT2D eigenvalue weighted by Gasteiger charge is -2.23. The van der Waals surface area contributed by atoms with Crippen LogP contribution in [0, 0.1) is 0 Å². The molecule has 0 bridgehead atoms. The molecule has 2 atom stereocenters. The second-order valence-corrected chi connectivity index (χ2v) is 7.85. The summed E-state index contributed by atoms with van der Waals surface area (Å²) >= 11 is 0. The molecule has 2 N–H and O–H groups in total. The number of carbonyl (C=O) groups is 2. The van der Waals surface area contributed by atoms with E-state index in [1.807, 2.05) is 18.7 Å². The molecule has 1 saturated heterocycles. The summed E-state index contributed by atoms with van der Waals surface area (Å²) in [5.74, 6) is 0.118. The molecular weight excluding hydrogens is 326 g/mol. The van der Waals surface area contributed by atoms with E-state index in [0.29, 0.717) is 13.0 Å². The highest BCUT2D eigenvalue weighted by Gasteiger charge is 2.32. The number of amides is 3. The van der Waals surface area contributed by atoms with E-state index >= 15 is 0 Å². The van der Waals surface area contributed by atoms with Crippen LogP contribution in [-0.4, -0.2) is 35.5 Å². The van der Waals surface area contributed by atoms with Crippen molar-refractivity contribution in [1.29, 1.82) is 0 Å². The minimum absolute atomic E-state index is 0.000493. The molecule has 26 heavy (non-hydrogen) atoms. The minimum Gasteiger partial charge on any atom is -0.338 e. The Balaban J connectivity index is 1.60. The average molecular weight is 357 g/mol. The number of benzene rings is 1. The van der Waals surface area contributed by atoms with E-state index in [2.05, 4.69) is 35.8 Å². The molecule has 0 aromatic heterocycles. The zero-order valence-corrected chi connectivity index (χ0v) is 16.2. The Kier molecular flexibility index (Phi) is 5.84. The molecular formula is C21H31N3O2. The molecule has 1 heterocycles. The van der Waals surface area contributed by atoms with Crippen LogP contribution in [0.1, 0.15) is 69.2 Å². The van der Waals surface area contributed by atoms with E-state index in [1.165, 1.54) is 36.0 Å². The molecule has 5 heteroatoms. The van der Waals surface area contributed by atoms with Gasteiger partial charge in [-0.1, -0.05) is 25.1 Å². The molecule has 2 unspecified atom stereocenters. The largest absolute Gasteiger partial charge is 0.338 e. The summed E-state index contributed by atoms with van der Waals surface area (Å²) in [4.78, 5) is 26.3. The molecule has 2 aliphatic rings. The summed E-state index contributed by atoms with van der Waals surface area (Å²) < 4.78 is 0. The van der Waals surface area contributed by atoms with Crippen LogP contribution in [0.2, 0.25) is 0 Å². The Morgan fingerprint density at radius 3 is 2.62 bits per heavy atom. The van der Waals surface area contributed by atoms with Gasteiger partial charge in [-0.05, 0) is 62.6 Å². The second kappa shape index (κ2) is 8.11. The normalized spacial score (nSPS) is 20.8. The molecule has 0 spiro atoms. The van der Waals surface area contributed by atoms with Gasteiger partial charge in [-0.15, -0.1) is 0 Å². The first-order chi connectivity index (χ1) is 12.5. The topological polar surface area (TPSA) is 61.4 Å². The van der Waals surface area contributed by atoms with Gasteiger partial charge in [0.2, 0.25) is 5.91 Å². The highest BCUT2D eigenvalue weighted by molar-refractivity contribution is 5.82. The van der Waals surface area contributed by atoms with Crippen molar-refractivity contribution >= 4 is 11.9 Å². The van der Waals surface area contributed by atoms with Gasteiger partial charge >= 0.3 is 6.03 Å². The third-order valence-corrected chi connectivity index (χ3v) is 5.61. The maximum Gasteiger partial charge on any atom is 0.315 e. The molecule has 0 radical (unpaired) electrons. The van der Waals surface area contributed by atoms with E-state index in [-0.39, 0.29) is 30.1 Å². The van der Waals surface area contributed by atoms with Crippen molar-refractivity contribution in [3.8, 4) is 0 Å². The SMILES string of the molecule is CCC(NC(=O)NC1CC(=O)N(C(C)C)C1)c1ccc2c(c1)CCCC2. The Labute approximate surface area is 156 Å². The Bertz CT molecular complexity index is 671. The highest BCUT2D eigenvalue weighted by Crippen LogP contribution is 2.26. The van der Waals surface area contributed by atoms with E-state index in [1.54, 1.807) is 0 Å². The summed E-state index contributed by atoms with van der Waals surface area (Å²) in [5, 5.41) is 6.07. The number of urea groups is 1. The van der Waals surface area contributed by atoms with Crippen LogP contribution in [0.4, 0.5) is 4.79 Å². The molecule has 1 aromatic rings. The first-order valence-corrected chi connectivity index (χ1v) is 9.96. The first kappa shape index (κ1) is 18.7. The number of nitrogens with one attached hydrogen (secondary N) is 2. The Morgan fingerprint density at radius 1 is 1.23 bits per heavy atom. The maximum atomic E-state index is 12.5. The van der Waals surface area contributed by atoms with Crippen molar-refractivity contribution in [2.24, 2.45) is 0 Å². The molecule has 3 amide bonds. The standard InChI is InChI=1S/C21H31N3O2/c1-4-19(17-10-9-15-7-5-6-8-16(15)11-17)23-21(26)22-18-12-20(25)24(13-18)14(2)3/h9-11,14,18-19H,4-8,12-13H2,1-3H3,(H2,22,23,26). The lowest BCUT2D eigenvalue weighted by Crippen LogP contribution is -2.45. The van der Waals surface area contributed by atoms with Crippen molar-refractivity contribution < 1.29 is 9.59 Å². The van der Waals surface area contributed by atoms with E-state index < -0.39 is 0 Å². The lowest BCUT2D eigenvalue weighted by molar-refractivity contribution is -0.129. The van der Waals surface area contributed by atoms with Crippen LogP contribution in [0.15, 0.2) is 18.2 Å². The van der Waals surface area contributed by atoms with Crippen molar-refractivity contribution in [3.63, 3.8) is 0 Å². The smallest absolute Gasteiger partial charge is 0.315 e. The van der Waals surface area contributed by atoms with Gasteiger partial charge < -0.3 is 15.5 Å². The zero-order chi connectivity index (χ0) is 18.7. The number of carbonyl (C=O) groups excluding carboxylic acids is 2. The predicted octanol–water partition coefficient (Wildman–Crippen LogP) is 3.33. The van der Waals surface area contributed by atoms with Gasteiger partial charge in [0.05, 0.1) is 12.1 Å². The number of rotatable bonds is 5. The third-order valence-electron chi connectivity index (χ3n) is 5.61. The Morgan fingerprint density at radius 2 is 1.96 bits per heavy atom. The van der Waals surface area contributed by atoms with Crippen molar-refractivity contribution in [2.75, 3.05) is 6.54 Å². The number of hydrogen-bond acceptors (Lipinski definition) is 2. The third kappa shape index (κ3) is 4.19. The van der Waals surface area contributed by atoms with Gasteiger partial charge in [0.15, 0.2) is 0 Å². The quantitative estimate of drug-likeness (QED) is 0.849. The van der Waals surface area contributed by atoms with Gasteiger partial charge in [0.25, 0.3) is 0 Å². The number of hydrogen-bond donors (Lipinski definition) is 2. The Hall–Kier alpha value is -2.04. The van der Waals surface area contributed by atoms with Crippen LogP contribution in [0.3, 0.4) is 0 Å². The van der Waals surface area contributed by atoms with Crippen LogP contribution in [0.5, 0.6) is 0 Å². The summed E-state index contributed by atoms with van der Waals surface area (Å²) in [5.41, 5.74) is 4.07. The summed E-state index contributed by atoms with van der Waals surface area (Å²) in [7, 11) is 0. The minimum atomic E-state index is -0.182. The number of likely N-dealkylation sites (tertiary alicyclic amines) is 1. The molecule has 5 nitrogen and oxygen atoms in total. The monoisotopic (exact) mass is 357 g/mol. The fourth-order valence-electron chi connectivity index (χ4n) is 4.10. The fraction of sp³-hybridized carbons (Fsp3) is 0.619. The van der Waals surface area contributed by atoms with Gasteiger partial charge in [-0.3, -0.25) is 4.79 Å². The molecule has 142 valence electrons. The van der Waals surface area contributed by atoms with Crippen molar-refractivity contribution in [3.05, 3.63) is 34.9 Å². The second-order valence-electron chi connectivity index (χ2n) is 7.85. The van der Waals surface area contributed by atoms with Crippen LogP contribution in [-0.2, 0) is 17.6 Å². The molecule has 1 aliphatic carbocycles.